The summed E-state index contributed by atoms with van der Waals surface area (Å²) in [7, 11) is 0. The van der Waals surface area contributed by atoms with Crippen molar-refractivity contribution in [2.24, 2.45) is 5.92 Å². The van der Waals surface area contributed by atoms with E-state index >= 15 is 0 Å². The van der Waals surface area contributed by atoms with Crippen LogP contribution in [0.3, 0.4) is 0 Å². The van der Waals surface area contributed by atoms with Gasteiger partial charge in [-0.2, -0.15) is 0 Å². The Hall–Kier alpha value is -1.06. The van der Waals surface area contributed by atoms with Gasteiger partial charge in [-0.25, -0.2) is 0 Å². The SMILES string of the molecule is O=C(CCC1CCCC1)N[C@H]1CCCCNC1=O. The van der Waals surface area contributed by atoms with Crippen molar-refractivity contribution in [1.82, 2.24) is 10.6 Å². The standard InChI is InChI=1S/C14H24N2O2/c17-13(9-8-11-5-1-2-6-11)16-12-7-3-4-10-15-14(12)18/h11-12H,1-10H2,(H,15,18)(H,16,17)/t12-/m0/s1. The molecule has 102 valence electrons. The topological polar surface area (TPSA) is 58.2 Å². The van der Waals surface area contributed by atoms with Gasteiger partial charge in [0.2, 0.25) is 11.8 Å². The number of carbonyl (C=O) groups is 2. The number of rotatable bonds is 4. The average molecular weight is 252 g/mol. The minimum atomic E-state index is -0.302. The predicted octanol–water partition coefficient (Wildman–Crippen LogP) is 1.74. The van der Waals surface area contributed by atoms with Crippen molar-refractivity contribution in [3.05, 3.63) is 0 Å². The number of nitrogens with one attached hydrogen (secondary N) is 2. The van der Waals surface area contributed by atoms with Crippen LogP contribution in [-0.2, 0) is 9.59 Å². The second-order valence-corrected chi connectivity index (χ2v) is 5.60. The molecule has 1 saturated heterocycles. The highest BCUT2D eigenvalue weighted by Crippen LogP contribution is 2.28. The molecule has 1 atom stereocenters. The lowest BCUT2D eigenvalue weighted by molar-refractivity contribution is -0.129. The maximum atomic E-state index is 11.8. The first-order valence-corrected chi connectivity index (χ1v) is 7.33. The van der Waals surface area contributed by atoms with Crippen LogP contribution in [0.15, 0.2) is 0 Å². The Kier molecular flexibility index (Phi) is 5.02. The van der Waals surface area contributed by atoms with E-state index in [4.69, 9.17) is 0 Å². The van der Waals surface area contributed by atoms with Gasteiger partial charge in [0.1, 0.15) is 6.04 Å². The Labute approximate surface area is 109 Å². The first kappa shape index (κ1) is 13.4. The first-order chi connectivity index (χ1) is 8.75. The van der Waals surface area contributed by atoms with E-state index in [0.717, 1.165) is 38.1 Å². The highest BCUT2D eigenvalue weighted by atomic mass is 16.2. The van der Waals surface area contributed by atoms with Gasteiger partial charge in [0.15, 0.2) is 0 Å². The molecular weight excluding hydrogens is 228 g/mol. The first-order valence-electron chi connectivity index (χ1n) is 7.33. The Morgan fingerprint density at radius 2 is 1.89 bits per heavy atom. The molecule has 2 amide bonds. The molecule has 2 rings (SSSR count). The fourth-order valence-electron chi connectivity index (χ4n) is 2.98. The summed E-state index contributed by atoms with van der Waals surface area (Å²) in [6.45, 7) is 0.743. The Morgan fingerprint density at radius 3 is 2.67 bits per heavy atom. The fraction of sp³-hybridized carbons (Fsp3) is 0.857. The molecule has 1 saturated carbocycles. The van der Waals surface area contributed by atoms with Gasteiger partial charge in [-0.1, -0.05) is 25.7 Å². The summed E-state index contributed by atoms with van der Waals surface area (Å²) in [6.07, 6.45) is 9.55. The summed E-state index contributed by atoms with van der Waals surface area (Å²) in [5, 5.41) is 5.73. The van der Waals surface area contributed by atoms with Crippen LogP contribution in [0, 0.1) is 5.92 Å². The number of hydrogen-bond acceptors (Lipinski definition) is 2. The van der Waals surface area contributed by atoms with Crippen molar-refractivity contribution in [2.75, 3.05) is 6.54 Å². The van der Waals surface area contributed by atoms with Crippen molar-refractivity contribution in [3.8, 4) is 0 Å². The van der Waals surface area contributed by atoms with Crippen LogP contribution < -0.4 is 10.6 Å². The zero-order chi connectivity index (χ0) is 12.8. The minimum Gasteiger partial charge on any atom is -0.354 e. The Balaban J connectivity index is 1.70. The molecule has 1 aliphatic heterocycles. The van der Waals surface area contributed by atoms with Gasteiger partial charge in [0.05, 0.1) is 0 Å². The summed E-state index contributed by atoms with van der Waals surface area (Å²) in [6, 6.07) is -0.302. The maximum Gasteiger partial charge on any atom is 0.242 e. The van der Waals surface area contributed by atoms with Crippen LogP contribution in [0.2, 0.25) is 0 Å². The van der Waals surface area contributed by atoms with E-state index in [0.29, 0.717) is 6.42 Å². The van der Waals surface area contributed by atoms with Crippen LogP contribution in [0.25, 0.3) is 0 Å². The van der Waals surface area contributed by atoms with Crippen molar-refractivity contribution < 1.29 is 9.59 Å². The van der Waals surface area contributed by atoms with Gasteiger partial charge < -0.3 is 10.6 Å². The van der Waals surface area contributed by atoms with Crippen molar-refractivity contribution >= 4 is 11.8 Å². The highest BCUT2D eigenvalue weighted by molar-refractivity contribution is 5.87. The molecule has 1 aliphatic carbocycles. The van der Waals surface area contributed by atoms with Gasteiger partial charge in [-0.3, -0.25) is 9.59 Å². The maximum absolute atomic E-state index is 11.8. The summed E-state index contributed by atoms with van der Waals surface area (Å²) >= 11 is 0. The zero-order valence-electron chi connectivity index (χ0n) is 11.0. The van der Waals surface area contributed by atoms with Crippen LogP contribution in [0.5, 0.6) is 0 Å². The van der Waals surface area contributed by atoms with Crippen LogP contribution in [0.1, 0.15) is 57.8 Å². The molecule has 0 aromatic carbocycles. The van der Waals surface area contributed by atoms with Crippen molar-refractivity contribution in [3.63, 3.8) is 0 Å². The fourth-order valence-corrected chi connectivity index (χ4v) is 2.98. The van der Waals surface area contributed by atoms with E-state index < -0.39 is 0 Å². The summed E-state index contributed by atoms with van der Waals surface area (Å²) in [5.41, 5.74) is 0. The zero-order valence-corrected chi connectivity index (χ0v) is 11.0. The molecule has 4 heteroatoms. The van der Waals surface area contributed by atoms with E-state index in [1.165, 1.54) is 25.7 Å². The largest absolute Gasteiger partial charge is 0.354 e. The number of amides is 2. The third kappa shape index (κ3) is 4.00. The molecule has 0 radical (unpaired) electrons. The highest BCUT2D eigenvalue weighted by Gasteiger charge is 2.23. The normalized spacial score (nSPS) is 25.6. The Bertz CT molecular complexity index is 298. The molecule has 2 fully saturated rings. The van der Waals surface area contributed by atoms with E-state index in [9.17, 15) is 9.59 Å². The quantitative estimate of drug-likeness (QED) is 0.800. The lowest BCUT2D eigenvalue weighted by Gasteiger charge is -2.16. The third-order valence-corrected chi connectivity index (χ3v) is 4.12. The second-order valence-electron chi connectivity index (χ2n) is 5.60. The summed E-state index contributed by atoms with van der Waals surface area (Å²) in [4.78, 5) is 23.5. The third-order valence-electron chi connectivity index (χ3n) is 4.12. The molecule has 0 unspecified atom stereocenters. The van der Waals surface area contributed by atoms with Crippen molar-refractivity contribution in [2.45, 2.75) is 63.8 Å². The molecule has 18 heavy (non-hydrogen) atoms. The molecule has 0 spiro atoms. The smallest absolute Gasteiger partial charge is 0.242 e. The number of carbonyl (C=O) groups excluding carboxylic acids is 2. The molecule has 1 heterocycles. The summed E-state index contributed by atoms with van der Waals surface area (Å²) < 4.78 is 0. The van der Waals surface area contributed by atoms with E-state index in [2.05, 4.69) is 10.6 Å². The van der Waals surface area contributed by atoms with Gasteiger partial charge in [0, 0.05) is 13.0 Å². The monoisotopic (exact) mass is 252 g/mol. The average Bonchev–Trinajstić information content (AvgIpc) is 2.80. The lowest BCUT2D eigenvalue weighted by Crippen LogP contribution is -2.45. The van der Waals surface area contributed by atoms with E-state index in [-0.39, 0.29) is 17.9 Å². The molecule has 2 N–H and O–H groups in total. The molecule has 0 bridgehead atoms. The lowest BCUT2D eigenvalue weighted by atomic mass is 10.0. The van der Waals surface area contributed by atoms with Gasteiger partial charge in [-0.05, 0) is 31.6 Å². The van der Waals surface area contributed by atoms with Gasteiger partial charge in [0.25, 0.3) is 0 Å². The number of hydrogen-bond donors (Lipinski definition) is 2. The molecule has 0 aromatic rings. The van der Waals surface area contributed by atoms with Crippen LogP contribution in [-0.4, -0.2) is 24.4 Å². The minimum absolute atomic E-state index is 0.0123. The van der Waals surface area contributed by atoms with Crippen LogP contribution >= 0.6 is 0 Å². The van der Waals surface area contributed by atoms with E-state index in [1.54, 1.807) is 0 Å². The predicted molar refractivity (Wildman–Crippen MR) is 70.0 cm³/mol. The molecule has 4 nitrogen and oxygen atoms in total. The Morgan fingerprint density at radius 1 is 1.17 bits per heavy atom. The second kappa shape index (κ2) is 6.76. The molecule has 0 aromatic heterocycles. The van der Waals surface area contributed by atoms with E-state index in [1.807, 2.05) is 0 Å². The molecule has 2 aliphatic rings. The van der Waals surface area contributed by atoms with Gasteiger partial charge >= 0.3 is 0 Å². The van der Waals surface area contributed by atoms with Gasteiger partial charge in [-0.15, -0.1) is 0 Å². The summed E-state index contributed by atoms with van der Waals surface area (Å²) in [5.74, 6) is 0.768. The van der Waals surface area contributed by atoms with Crippen molar-refractivity contribution in [1.29, 1.82) is 0 Å². The van der Waals surface area contributed by atoms with Crippen LogP contribution in [0.4, 0.5) is 0 Å². The molecular formula is C14H24N2O2.